The van der Waals surface area contributed by atoms with Crippen LogP contribution in [0.4, 0.5) is 21.1 Å². The third kappa shape index (κ3) is 8.79. The second-order valence-corrected chi connectivity index (χ2v) is 20.4. The molecule has 1 aliphatic rings. The number of halogens is 1. The number of anilines is 2. The van der Waals surface area contributed by atoms with Crippen LogP contribution < -0.4 is 20.9 Å². The summed E-state index contributed by atoms with van der Waals surface area (Å²) in [6, 6.07) is 3.56. The summed E-state index contributed by atoms with van der Waals surface area (Å²) in [5.41, 5.74) is 1.54. The molecule has 1 aromatic carbocycles. The second kappa shape index (κ2) is 14.2. The van der Waals surface area contributed by atoms with Gasteiger partial charge in [-0.2, -0.15) is 5.10 Å². The molecule has 15 nitrogen and oxygen atoms in total. The number of hydrogen-bond acceptors (Lipinski definition) is 9. The van der Waals surface area contributed by atoms with E-state index in [4.69, 9.17) is 26.2 Å². The number of carbonyl (C=O) groups excluding carboxylic acids is 2. The maximum absolute atomic E-state index is 14.0. The second-order valence-electron chi connectivity index (χ2n) is 14.4. The van der Waals surface area contributed by atoms with Gasteiger partial charge in [-0.3, -0.25) is 10.1 Å². The molecule has 1 fully saturated rings. The number of ether oxygens (including phenoxy) is 2. The van der Waals surface area contributed by atoms with Crippen LogP contribution in [0.15, 0.2) is 30.7 Å². The Balaban J connectivity index is 1.49. The largest absolute Gasteiger partial charge is 0.465 e. The predicted molar refractivity (Wildman–Crippen MR) is 189 cm³/mol. The average molecular weight is 714 g/mol. The average Bonchev–Trinajstić information content (AvgIpc) is 3.70. The van der Waals surface area contributed by atoms with Crippen molar-refractivity contribution in [2.45, 2.75) is 84.2 Å². The Bertz CT molecular complexity index is 1870. The third-order valence-electron chi connectivity index (χ3n) is 7.91. The lowest BCUT2D eigenvalue weighted by molar-refractivity contribution is 0.0635. The van der Waals surface area contributed by atoms with Crippen molar-refractivity contribution in [3.63, 3.8) is 0 Å². The molecule has 3 aromatic heterocycles. The van der Waals surface area contributed by atoms with E-state index in [0.717, 1.165) is 11.7 Å². The molecule has 0 saturated carbocycles. The van der Waals surface area contributed by atoms with E-state index in [0.29, 0.717) is 47.6 Å². The number of nitrogens with one attached hydrogen (secondary N) is 3. The van der Waals surface area contributed by atoms with Gasteiger partial charge in [-0.1, -0.05) is 31.2 Å². The first kappa shape index (κ1) is 35.9. The molecular formula is C32H44ClN9O6Si. The number of hydrogen-bond donors (Lipinski definition) is 4. The fourth-order valence-corrected chi connectivity index (χ4v) is 6.65. The highest BCUT2D eigenvalue weighted by atomic mass is 35.5. The minimum absolute atomic E-state index is 0.0126. The summed E-state index contributed by atoms with van der Waals surface area (Å²) in [6.07, 6.45) is 3.72. The van der Waals surface area contributed by atoms with Crippen LogP contribution in [0.5, 0.6) is 0 Å². The number of benzene rings is 1. The van der Waals surface area contributed by atoms with Gasteiger partial charge >= 0.3 is 12.2 Å². The van der Waals surface area contributed by atoms with Crippen LogP contribution in [0.1, 0.15) is 56.1 Å². The maximum atomic E-state index is 14.0. The molecule has 4 N–H and O–H groups in total. The molecule has 0 bridgehead atoms. The number of amides is 3. The molecule has 264 valence electrons. The minimum Gasteiger partial charge on any atom is -0.465 e. The van der Waals surface area contributed by atoms with Gasteiger partial charge in [0.1, 0.15) is 23.4 Å². The van der Waals surface area contributed by atoms with E-state index in [2.05, 4.69) is 50.6 Å². The van der Waals surface area contributed by atoms with Crippen LogP contribution in [0, 0.1) is 0 Å². The summed E-state index contributed by atoms with van der Waals surface area (Å²) in [5, 5.41) is 28.0. The summed E-state index contributed by atoms with van der Waals surface area (Å²) in [6.45, 7) is 15.7. The van der Waals surface area contributed by atoms with Crippen molar-refractivity contribution in [2.24, 2.45) is 0 Å². The number of rotatable bonds is 11. The minimum atomic E-state index is -1.27. The van der Waals surface area contributed by atoms with Crippen molar-refractivity contribution in [2.75, 3.05) is 29.9 Å². The van der Waals surface area contributed by atoms with Crippen LogP contribution in [0.25, 0.3) is 16.6 Å². The summed E-state index contributed by atoms with van der Waals surface area (Å²) >= 11 is 6.87. The summed E-state index contributed by atoms with van der Waals surface area (Å²) in [5.74, 6) is -0.552. The Morgan fingerprint density at radius 2 is 1.96 bits per heavy atom. The van der Waals surface area contributed by atoms with Crippen molar-refractivity contribution in [3.05, 3.63) is 46.9 Å². The Morgan fingerprint density at radius 3 is 2.65 bits per heavy atom. The van der Waals surface area contributed by atoms with Crippen LogP contribution >= 0.6 is 11.6 Å². The molecule has 49 heavy (non-hydrogen) atoms. The third-order valence-corrected chi connectivity index (χ3v) is 9.92. The van der Waals surface area contributed by atoms with Gasteiger partial charge < -0.3 is 30.1 Å². The summed E-state index contributed by atoms with van der Waals surface area (Å²) < 4.78 is 14.5. The van der Waals surface area contributed by atoms with Crippen LogP contribution in [0.2, 0.25) is 30.7 Å². The molecule has 4 aromatic rings. The number of carboxylic acid groups (broad SMARTS) is 1. The van der Waals surface area contributed by atoms with Crippen LogP contribution in [-0.2, 0) is 16.2 Å². The molecule has 0 aliphatic carbocycles. The number of fused-ring (bicyclic) bond motifs is 2. The number of nitrogens with zero attached hydrogens (tertiary/aromatic N) is 6. The van der Waals surface area contributed by atoms with Gasteiger partial charge in [0.25, 0.3) is 5.91 Å². The van der Waals surface area contributed by atoms with Crippen molar-refractivity contribution in [1.29, 1.82) is 0 Å². The predicted octanol–water partition coefficient (Wildman–Crippen LogP) is 5.73. The monoisotopic (exact) mass is 713 g/mol. The standard InChI is InChI=1S/C32H44ClN9O6Si/c1-19(35-29(43)24-27(37-31(46)48-32(2,3)4)39-42-11-8-10-34-28(24)42)21-15-23(33)22-17-41(18-47-13-14-49(5,6)7)38-25(22)26(21)40-12-9-20(16-40)36-30(44)45/h8,10-11,15,17,19-20,36H,9,12-14,16,18H2,1-7H3,(H,35,43)(H,44,45)(H,37,39,46)/t19?,20-/m0/s1. The van der Waals surface area contributed by atoms with E-state index in [9.17, 15) is 19.5 Å². The molecule has 17 heteroatoms. The van der Waals surface area contributed by atoms with E-state index in [-0.39, 0.29) is 29.8 Å². The first-order valence-electron chi connectivity index (χ1n) is 16.1. The SMILES string of the molecule is CC(NC(=O)c1c(NC(=O)OC(C)(C)C)nn2cccnc12)c1cc(Cl)c2cn(COCC[Si](C)(C)C)nc2c1N1CC[C@H](NC(=O)O)C1. The molecule has 1 unspecified atom stereocenters. The Hall–Kier alpha value is -4.41. The van der Waals surface area contributed by atoms with Gasteiger partial charge in [0.05, 0.1) is 22.8 Å². The molecule has 3 amide bonds. The molecule has 0 radical (unpaired) electrons. The highest BCUT2D eigenvalue weighted by molar-refractivity contribution is 6.76. The van der Waals surface area contributed by atoms with Gasteiger partial charge in [0, 0.05) is 57.3 Å². The zero-order chi connectivity index (χ0) is 35.7. The molecule has 2 atom stereocenters. The smallest absolute Gasteiger partial charge is 0.413 e. The normalized spacial score (nSPS) is 15.8. The Kier molecular flexibility index (Phi) is 10.4. The first-order valence-corrected chi connectivity index (χ1v) is 20.2. The lowest BCUT2D eigenvalue weighted by Crippen LogP contribution is -2.36. The molecule has 1 saturated heterocycles. The van der Waals surface area contributed by atoms with Gasteiger partial charge in [-0.25, -0.2) is 23.8 Å². The summed E-state index contributed by atoms with van der Waals surface area (Å²) in [4.78, 5) is 44.5. The van der Waals surface area contributed by atoms with E-state index >= 15 is 0 Å². The van der Waals surface area contributed by atoms with Gasteiger partial charge in [0.2, 0.25) is 0 Å². The molecule has 1 aliphatic heterocycles. The van der Waals surface area contributed by atoms with Crippen LogP contribution in [-0.4, -0.2) is 87.0 Å². The Labute approximate surface area is 290 Å². The van der Waals surface area contributed by atoms with E-state index in [1.165, 1.54) is 10.7 Å². The van der Waals surface area contributed by atoms with Gasteiger partial charge in [0.15, 0.2) is 11.5 Å². The lowest BCUT2D eigenvalue weighted by atomic mass is 10.0. The van der Waals surface area contributed by atoms with Gasteiger partial charge in [-0.05, 0) is 52.3 Å². The zero-order valence-corrected chi connectivity index (χ0v) is 30.6. The van der Waals surface area contributed by atoms with E-state index in [1.807, 2.05) is 13.1 Å². The summed E-state index contributed by atoms with van der Waals surface area (Å²) in [7, 11) is -1.27. The molecule has 4 heterocycles. The fourth-order valence-electron chi connectivity index (χ4n) is 5.64. The molecule has 5 rings (SSSR count). The first-order chi connectivity index (χ1) is 23.0. The van der Waals surface area contributed by atoms with E-state index in [1.54, 1.807) is 43.8 Å². The molecule has 0 spiro atoms. The Morgan fingerprint density at radius 1 is 1.20 bits per heavy atom. The van der Waals surface area contributed by atoms with Crippen LogP contribution in [0.3, 0.4) is 0 Å². The zero-order valence-electron chi connectivity index (χ0n) is 28.8. The number of carbonyl (C=O) groups is 3. The lowest BCUT2D eigenvalue weighted by Gasteiger charge is -2.26. The highest BCUT2D eigenvalue weighted by Gasteiger charge is 2.32. The van der Waals surface area contributed by atoms with Crippen molar-refractivity contribution >= 4 is 65.8 Å². The highest BCUT2D eigenvalue weighted by Crippen LogP contribution is 2.40. The van der Waals surface area contributed by atoms with E-state index < -0.39 is 37.8 Å². The maximum Gasteiger partial charge on any atom is 0.413 e. The van der Waals surface area contributed by atoms with Gasteiger partial charge in [-0.15, -0.1) is 5.10 Å². The number of aromatic nitrogens is 5. The quantitative estimate of drug-likeness (QED) is 0.111. The van der Waals surface area contributed by atoms with Crippen molar-refractivity contribution in [1.82, 2.24) is 35.0 Å². The molecular weight excluding hydrogens is 670 g/mol. The van der Waals surface area contributed by atoms with Crippen molar-refractivity contribution < 1.29 is 29.0 Å². The fraction of sp³-hybridized carbons (Fsp3) is 0.500. The topological polar surface area (TPSA) is 177 Å². The van der Waals surface area contributed by atoms with Crippen molar-refractivity contribution in [3.8, 4) is 0 Å².